The van der Waals surface area contributed by atoms with E-state index in [1.807, 2.05) is 6.92 Å². The zero-order valence-corrected chi connectivity index (χ0v) is 10.5. The van der Waals surface area contributed by atoms with E-state index in [9.17, 15) is 14.3 Å². The van der Waals surface area contributed by atoms with Gasteiger partial charge in [0.1, 0.15) is 0 Å². The van der Waals surface area contributed by atoms with Gasteiger partial charge in [-0.05, 0) is 18.5 Å². The Hall–Kier alpha value is -1.27. The summed E-state index contributed by atoms with van der Waals surface area (Å²) < 4.78 is 11.9. The fourth-order valence-electron chi connectivity index (χ4n) is 1.43. The quantitative estimate of drug-likeness (QED) is 0.618. The molecule has 0 heterocycles. The molecule has 1 aromatic rings. The van der Waals surface area contributed by atoms with Crippen LogP contribution >= 0.6 is 0 Å². The van der Waals surface area contributed by atoms with Crippen LogP contribution < -0.4 is 5.73 Å². The van der Waals surface area contributed by atoms with Gasteiger partial charge in [-0.3, -0.25) is 14.3 Å². The average Bonchev–Trinajstić information content (AvgIpc) is 2.29. The van der Waals surface area contributed by atoms with Crippen molar-refractivity contribution in [3.63, 3.8) is 0 Å². The van der Waals surface area contributed by atoms with Crippen molar-refractivity contribution in [2.45, 2.75) is 24.3 Å². The highest BCUT2D eigenvalue weighted by Crippen LogP contribution is 2.16. The number of nitrogens with zero attached hydrogens (tertiary/aromatic N) is 1. The van der Waals surface area contributed by atoms with Gasteiger partial charge in [0.15, 0.2) is 0 Å². The van der Waals surface area contributed by atoms with Crippen molar-refractivity contribution in [3.8, 4) is 0 Å². The van der Waals surface area contributed by atoms with Gasteiger partial charge in [0.25, 0.3) is 5.69 Å². The van der Waals surface area contributed by atoms with Crippen molar-refractivity contribution in [1.29, 1.82) is 0 Å². The van der Waals surface area contributed by atoms with E-state index in [0.29, 0.717) is 18.7 Å². The minimum absolute atomic E-state index is 0.0132. The Balaban J connectivity index is 2.71. The van der Waals surface area contributed by atoms with Crippen LogP contribution in [-0.2, 0) is 16.6 Å². The molecule has 0 aliphatic rings. The van der Waals surface area contributed by atoms with Crippen LogP contribution in [-0.4, -0.2) is 20.9 Å². The lowest BCUT2D eigenvalue weighted by atomic mass is 10.2. The van der Waals surface area contributed by atoms with Crippen LogP contribution in [0.15, 0.2) is 24.3 Å². The Labute approximate surface area is 103 Å². The summed E-state index contributed by atoms with van der Waals surface area (Å²) in [6.07, 6.45) is 0.696. The molecular weight excluding hydrogens is 240 g/mol. The van der Waals surface area contributed by atoms with E-state index >= 15 is 0 Å². The maximum Gasteiger partial charge on any atom is 0.269 e. The first-order valence-electron chi connectivity index (χ1n) is 5.35. The van der Waals surface area contributed by atoms with E-state index in [-0.39, 0.29) is 10.9 Å². The number of nitro benzene ring substituents is 1. The molecule has 0 saturated carbocycles. The molecule has 0 aliphatic heterocycles. The van der Waals surface area contributed by atoms with E-state index in [1.165, 1.54) is 12.1 Å². The third-order valence-electron chi connectivity index (χ3n) is 2.45. The SMILES string of the molecule is CC(CCN)S(=O)Cc1cccc([N+](=O)[O-])c1. The van der Waals surface area contributed by atoms with Crippen LogP contribution in [0, 0.1) is 10.1 Å². The number of non-ortho nitro benzene ring substituents is 1. The number of rotatable bonds is 6. The van der Waals surface area contributed by atoms with E-state index in [1.54, 1.807) is 12.1 Å². The summed E-state index contributed by atoms with van der Waals surface area (Å²) in [5.41, 5.74) is 6.16. The first-order valence-corrected chi connectivity index (χ1v) is 6.73. The highest BCUT2D eigenvalue weighted by Gasteiger charge is 2.12. The molecule has 6 heteroatoms. The fraction of sp³-hybridized carbons (Fsp3) is 0.455. The standard InChI is InChI=1S/C11H16N2O3S/c1-9(5-6-12)17(16)8-10-3-2-4-11(7-10)13(14)15/h2-4,7,9H,5-6,8,12H2,1H3. The molecule has 2 unspecified atom stereocenters. The third kappa shape index (κ3) is 4.24. The number of benzene rings is 1. The van der Waals surface area contributed by atoms with Crippen molar-refractivity contribution >= 4 is 16.5 Å². The Morgan fingerprint density at radius 1 is 1.53 bits per heavy atom. The Morgan fingerprint density at radius 3 is 2.82 bits per heavy atom. The van der Waals surface area contributed by atoms with Gasteiger partial charge >= 0.3 is 0 Å². The number of hydrogen-bond donors (Lipinski definition) is 1. The molecule has 0 bridgehead atoms. The van der Waals surface area contributed by atoms with E-state index in [2.05, 4.69) is 0 Å². The molecule has 1 rings (SSSR count). The van der Waals surface area contributed by atoms with Gasteiger partial charge in [0, 0.05) is 33.9 Å². The smallest absolute Gasteiger partial charge is 0.269 e. The molecule has 2 N–H and O–H groups in total. The van der Waals surface area contributed by atoms with Gasteiger partial charge in [0.05, 0.1) is 4.92 Å². The lowest BCUT2D eigenvalue weighted by Crippen LogP contribution is -2.17. The van der Waals surface area contributed by atoms with Gasteiger partial charge in [-0.25, -0.2) is 0 Å². The second-order valence-electron chi connectivity index (χ2n) is 3.84. The summed E-state index contributed by atoms with van der Waals surface area (Å²) in [5.74, 6) is 0.336. The average molecular weight is 256 g/mol. The minimum Gasteiger partial charge on any atom is -0.330 e. The molecular formula is C11H16N2O3S. The molecule has 0 amide bonds. The molecule has 17 heavy (non-hydrogen) atoms. The summed E-state index contributed by atoms with van der Waals surface area (Å²) in [7, 11) is -1.04. The van der Waals surface area contributed by atoms with E-state index in [0.717, 1.165) is 5.56 Å². The topological polar surface area (TPSA) is 86.2 Å². The molecule has 0 aliphatic carbocycles. The van der Waals surface area contributed by atoms with Crippen LogP contribution in [0.3, 0.4) is 0 Å². The van der Waals surface area contributed by atoms with Crippen LogP contribution in [0.2, 0.25) is 0 Å². The molecule has 94 valence electrons. The second-order valence-corrected chi connectivity index (χ2v) is 5.69. The predicted molar refractivity (Wildman–Crippen MR) is 68.1 cm³/mol. The zero-order valence-electron chi connectivity index (χ0n) is 9.67. The minimum atomic E-state index is -1.04. The summed E-state index contributed by atoms with van der Waals surface area (Å²) in [4.78, 5) is 10.1. The molecule has 0 aromatic heterocycles. The van der Waals surface area contributed by atoms with E-state index < -0.39 is 15.7 Å². The molecule has 1 aromatic carbocycles. The number of nitro groups is 1. The van der Waals surface area contributed by atoms with E-state index in [4.69, 9.17) is 5.73 Å². The summed E-state index contributed by atoms with van der Waals surface area (Å²) in [5, 5.41) is 10.6. The van der Waals surface area contributed by atoms with Gasteiger partial charge in [-0.1, -0.05) is 19.1 Å². The van der Waals surface area contributed by atoms with Crippen molar-refractivity contribution in [2.24, 2.45) is 5.73 Å². The van der Waals surface area contributed by atoms with Crippen LogP contribution in [0.25, 0.3) is 0 Å². The molecule has 0 saturated heterocycles. The first kappa shape index (κ1) is 13.8. The predicted octanol–water partition coefficient (Wildman–Crippen LogP) is 1.58. The second kappa shape index (κ2) is 6.46. The third-order valence-corrected chi connectivity index (χ3v) is 4.20. The Kier molecular flexibility index (Phi) is 5.24. The largest absolute Gasteiger partial charge is 0.330 e. The van der Waals surface area contributed by atoms with Crippen LogP contribution in [0.5, 0.6) is 0 Å². The molecule has 2 atom stereocenters. The number of hydrogen-bond acceptors (Lipinski definition) is 4. The summed E-state index contributed by atoms with van der Waals surface area (Å²) in [6.45, 7) is 2.38. The first-order chi connectivity index (χ1) is 8.04. The number of nitrogens with two attached hydrogens (primary N) is 1. The lowest BCUT2D eigenvalue weighted by molar-refractivity contribution is -0.384. The van der Waals surface area contributed by atoms with Crippen LogP contribution in [0.1, 0.15) is 18.9 Å². The van der Waals surface area contributed by atoms with Crippen LogP contribution in [0.4, 0.5) is 5.69 Å². The monoisotopic (exact) mass is 256 g/mol. The van der Waals surface area contributed by atoms with Gasteiger partial charge in [-0.15, -0.1) is 0 Å². The Bertz CT molecular complexity index is 423. The maximum atomic E-state index is 11.9. The van der Waals surface area contributed by atoms with Gasteiger partial charge in [-0.2, -0.15) is 0 Å². The van der Waals surface area contributed by atoms with Gasteiger partial charge in [0.2, 0.25) is 0 Å². The molecule has 0 fully saturated rings. The zero-order chi connectivity index (χ0) is 12.8. The lowest BCUT2D eigenvalue weighted by Gasteiger charge is -2.09. The van der Waals surface area contributed by atoms with Gasteiger partial charge < -0.3 is 5.73 Å². The fourth-order valence-corrected chi connectivity index (χ4v) is 2.62. The molecule has 0 spiro atoms. The highest BCUT2D eigenvalue weighted by atomic mass is 32.2. The highest BCUT2D eigenvalue weighted by molar-refractivity contribution is 7.84. The summed E-state index contributed by atoms with van der Waals surface area (Å²) >= 11 is 0. The molecule has 5 nitrogen and oxygen atoms in total. The van der Waals surface area contributed by atoms with Crippen molar-refractivity contribution in [1.82, 2.24) is 0 Å². The Morgan fingerprint density at radius 2 is 2.24 bits per heavy atom. The van der Waals surface area contributed by atoms with Crippen molar-refractivity contribution < 1.29 is 9.13 Å². The molecule has 0 radical (unpaired) electrons. The van der Waals surface area contributed by atoms with Crippen molar-refractivity contribution in [3.05, 3.63) is 39.9 Å². The van der Waals surface area contributed by atoms with Crippen molar-refractivity contribution in [2.75, 3.05) is 6.54 Å². The normalized spacial score (nSPS) is 14.2. The maximum absolute atomic E-state index is 11.9. The summed E-state index contributed by atoms with van der Waals surface area (Å²) in [6, 6.07) is 6.25.